The Balaban J connectivity index is 1.34. The predicted octanol–water partition coefficient (Wildman–Crippen LogP) is 3.74. The van der Waals surface area contributed by atoms with Crippen molar-refractivity contribution in [2.45, 2.75) is 19.3 Å². The van der Waals surface area contributed by atoms with E-state index >= 15 is 0 Å². The van der Waals surface area contributed by atoms with Crippen LogP contribution in [0.1, 0.15) is 18.5 Å². The number of hydrogen-bond acceptors (Lipinski definition) is 3. The molecule has 0 aliphatic heterocycles. The van der Waals surface area contributed by atoms with E-state index in [1.165, 1.54) is 6.08 Å². The van der Waals surface area contributed by atoms with Crippen LogP contribution in [0.2, 0.25) is 0 Å². The molecule has 2 unspecified atom stereocenters. The highest BCUT2D eigenvalue weighted by atomic mass is 19.1. The van der Waals surface area contributed by atoms with Gasteiger partial charge >= 0.3 is 0 Å². The number of pyridine rings is 1. The van der Waals surface area contributed by atoms with Gasteiger partial charge in [-0.1, -0.05) is 30.4 Å². The minimum Gasteiger partial charge on any atom is -0.399 e. The summed E-state index contributed by atoms with van der Waals surface area (Å²) in [5.74, 6) is 0.281. The van der Waals surface area contributed by atoms with E-state index in [-0.39, 0.29) is 11.2 Å². The van der Waals surface area contributed by atoms with E-state index in [2.05, 4.69) is 34.6 Å². The molecule has 2 atom stereocenters. The maximum atomic E-state index is 14.4. The average Bonchev–Trinajstić information content (AvgIpc) is 3.39. The molecule has 134 valence electrons. The first-order valence-electron chi connectivity index (χ1n) is 9.21. The monoisotopic (exact) mass is 349 g/mol. The molecular weight excluding hydrogens is 325 g/mol. The van der Waals surface area contributed by atoms with Gasteiger partial charge in [-0.3, -0.25) is 4.98 Å². The molecule has 0 radical (unpaired) electrons. The molecule has 1 heterocycles. The van der Waals surface area contributed by atoms with Gasteiger partial charge in [-0.05, 0) is 54.2 Å². The van der Waals surface area contributed by atoms with Gasteiger partial charge < -0.3 is 11.1 Å². The molecule has 0 saturated heterocycles. The second-order valence-electron chi connectivity index (χ2n) is 7.32. The molecule has 1 aromatic heterocycles. The van der Waals surface area contributed by atoms with Crippen LogP contribution in [-0.4, -0.2) is 18.1 Å². The molecule has 4 heteroatoms. The maximum Gasteiger partial charge on any atom is 0.129 e. The summed E-state index contributed by atoms with van der Waals surface area (Å²) < 4.78 is 14.4. The highest BCUT2D eigenvalue weighted by molar-refractivity contribution is 5.52. The third kappa shape index (κ3) is 3.56. The van der Waals surface area contributed by atoms with Crippen LogP contribution >= 0.6 is 0 Å². The Morgan fingerprint density at radius 2 is 2.23 bits per heavy atom. The number of halogens is 1. The molecule has 1 saturated carbocycles. The lowest BCUT2D eigenvalue weighted by molar-refractivity contribution is 0.523. The van der Waals surface area contributed by atoms with Crippen LogP contribution in [0.5, 0.6) is 0 Å². The number of allylic oxidation sites excluding steroid dienone is 8. The molecule has 3 aliphatic rings. The Bertz CT molecular complexity index is 832. The van der Waals surface area contributed by atoms with Gasteiger partial charge in [0.1, 0.15) is 5.83 Å². The summed E-state index contributed by atoms with van der Waals surface area (Å²) in [5.41, 5.74) is 9.27. The van der Waals surface area contributed by atoms with E-state index in [9.17, 15) is 4.39 Å². The van der Waals surface area contributed by atoms with Crippen LogP contribution in [-0.2, 0) is 6.42 Å². The van der Waals surface area contributed by atoms with Crippen molar-refractivity contribution in [3.05, 3.63) is 89.2 Å². The lowest BCUT2D eigenvalue weighted by Gasteiger charge is -2.18. The number of nitrogens with two attached hydrogens (primary N) is 1. The zero-order valence-electron chi connectivity index (χ0n) is 14.8. The highest BCUT2D eigenvalue weighted by Crippen LogP contribution is 2.57. The fourth-order valence-corrected chi connectivity index (χ4v) is 3.79. The molecule has 0 bridgehead atoms. The van der Waals surface area contributed by atoms with Gasteiger partial charge in [0.2, 0.25) is 0 Å². The molecule has 0 spiro atoms. The minimum absolute atomic E-state index is 0.208. The third-order valence-corrected chi connectivity index (χ3v) is 5.45. The molecule has 4 rings (SSSR count). The van der Waals surface area contributed by atoms with E-state index in [4.69, 9.17) is 5.73 Å². The fourth-order valence-electron chi connectivity index (χ4n) is 3.79. The van der Waals surface area contributed by atoms with Gasteiger partial charge in [-0.2, -0.15) is 0 Å². The van der Waals surface area contributed by atoms with Crippen LogP contribution < -0.4 is 11.1 Å². The minimum atomic E-state index is -0.218. The van der Waals surface area contributed by atoms with Crippen LogP contribution in [0.15, 0.2) is 83.5 Å². The Morgan fingerprint density at radius 1 is 1.31 bits per heavy atom. The van der Waals surface area contributed by atoms with Crippen molar-refractivity contribution < 1.29 is 4.39 Å². The molecule has 0 amide bonds. The summed E-state index contributed by atoms with van der Waals surface area (Å²) >= 11 is 0. The second-order valence-corrected chi connectivity index (χ2v) is 7.32. The first kappa shape index (κ1) is 17.0. The number of nitrogens with zero attached hydrogens (tertiary/aromatic N) is 1. The zero-order chi connectivity index (χ0) is 18.0. The molecule has 3 nitrogen and oxygen atoms in total. The van der Waals surface area contributed by atoms with E-state index in [1.54, 1.807) is 6.08 Å². The summed E-state index contributed by atoms with van der Waals surface area (Å²) in [6.45, 7) is 1.88. The SMILES string of the molecule is NC1=CC(F)=C(C2=CC3CC3(CNCCc3ccccn3)C=C2)CC=C1. The normalized spacial score (nSPS) is 26.9. The fraction of sp³-hybridized carbons (Fsp3) is 0.318. The van der Waals surface area contributed by atoms with E-state index < -0.39 is 0 Å². The Hall–Kier alpha value is -2.46. The quantitative estimate of drug-likeness (QED) is 0.769. The van der Waals surface area contributed by atoms with Gasteiger partial charge in [0.05, 0.1) is 0 Å². The molecule has 0 aromatic carbocycles. The second kappa shape index (κ2) is 7.04. The van der Waals surface area contributed by atoms with Crippen molar-refractivity contribution in [1.82, 2.24) is 10.3 Å². The molecule has 1 aromatic rings. The van der Waals surface area contributed by atoms with Gasteiger partial charge in [0, 0.05) is 42.5 Å². The summed E-state index contributed by atoms with van der Waals surface area (Å²) in [6, 6.07) is 6.02. The van der Waals surface area contributed by atoms with Crippen LogP contribution in [0.25, 0.3) is 0 Å². The van der Waals surface area contributed by atoms with Crippen LogP contribution in [0.4, 0.5) is 4.39 Å². The summed E-state index contributed by atoms with van der Waals surface area (Å²) in [5, 5.41) is 3.56. The maximum absolute atomic E-state index is 14.4. The Kier molecular flexibility index (Phi) is 4.60. The lowest BCUT2D eigenvalue weighted by atomic mass is 9.91. The van der Waals surface area contributed by atoms with Gasteiger partial charge in [-0.15, -0.1) is 0 Å². The van der Waals surface area contributed by atoms with E-state index in [1.807, 2.05) is 24.4 Å². The number of nitrogens with one attached hydrogen (secondary N) is 1. The van der Waals surface area contributed by atoms with Crippen molar-refractivity contribution in [1.29, 1.82) is 0 Å². The zero-order valence-corrected chi connectivity index (χ0v) is 14.8. The molecule has 3 aliphatic carbocycles. The van der Waals surface area contributed by atoms with Crippen LogP contribution in [0, 0.1) is 11.3 Å². The smallest absolute Gasteiger partial charge is 0.129 e. The molecule has 3 N–H and O–H groups in total. The summed E-state index contributed by atoms with van der Waals surface area (Å²) in [4.78, 5) is 4.35. The lowest BCUT2D eigenvalue weighted by Crippen LogP contribution is -2.27. The standard InChI is InChI=1S/C22H24FN3/c23-21-13-18(24)4-3-6-20(21)16-7-9-22(14-17(22)12-16)15-25-11-8-19-5-1-2-10-26-19/h1-5,7,9-10,12-13,17,25H,6,8,11,14-15,24H2. The largest absolute Gasteiger partial charge is 0.399 e. The van der Waals surface area contributed by atoms with Crippen molar-refractivity contribution in [3.63, 3.8) is 0 Å². The van der Waals surface area contributed by atoms with Crippen molar-refractivity contribution in [2.75, 3.05) is 13.1 Å². The predicted molar refractivity (Wildman–Crippen MR) is 103 cm³/mol. The number of hydrogen-bond donors (Lipinski definition) is 2. The van der Waals surface area contributed by atoms with Gasteiger partial charge in [-0.25, -0.2) is 4.39 Å². The first-order chi connectivity index (χ1) is 12.7. The number of aromatic nitrogens is 1. The van der Waals surface area contributed by atoms with Crippen molar-refractivity contribution in [3.8, 4) is 0 Å². The highest BCUT2D eigenvalue weighted by Gasteiger charge is 2.51. The summed E-state index contributed by atoms with van der Waals surface area (Å²) in [6.07, 6.45) is 16.2. The molecule has 26 heavy (non-hydrogen) atoms. The van der Waals surface area contributed by atoms with Gasteiger partial charge in [0.15, 0.2) is 0 Å². The molecule has 1 fully saturated rings. The van der Waals surface area contributed by atoms with Gasteiger partial charge in [0.25, 0.3) is 0 Å². The van der Waals surface area contributed by atoms with E-state index in [0.29, 0.717) is 18.0 Å². The topological polar surface area (TPSA) is 50.9 Å². The number of rotatable bonds is 6. The Morgan fingerprint density at radius 3 is 3.04 bits per heavy atom. The first-order valence-corrected chi connectivity index (χ1v) is 9.21. The van der Waals surface area contributed by atoms with Crippen molar-refractivity contribution >= 4 is 0 Å². The van der Waals surface area contributed by atoms with E-state index in [0.717, 1.165) is 42.8 Å². The van der Waals surface area contributed by atoms with Crippen LogP contribution in [0.3, 0.4) is 0 Å². The van der Waals surface area contributed by atoms with Crippen molar-refractivity contribution in [2.24, 2.45) is 17.1 Å². The third-order valence-electron chi connectivity index (χ3n) is 5.45. The summed E-state index contributed by atoms with van der Waals surface area (Å²) in [7, 11) is 0. The number of fused-ring (bicyclic) bond motifs is 1. The average molecular weight is 349 g/mol. The molecular formula is C22H24FN3. The Labute approximate surface area is 153 Å².